The molecule has 1 radical (unpaired) electrons. The Morgan fingerprint density at radius 3 is 2.07 bits per heavy atom. The Morgan fingerprint density at radius 1 is 0.893 bits per heavy atom. The van der Waals surface area contributed by atoms with Crippen LogP contribution in [-0.4, -0.2) is 36.7 Å². The van der Waals surface area contributed by atoms with E-state index in [0.29, 0.717) is 0 Å². The molecule has 0 atom stereocenters. The van der Waals surface area contributed by atoms with E-state index < -0.39 is 4.64 Å². The molecule has 0 saturated heterocycles. The van der Waals surface area contributed by atoms with Crippen LogP contribution in [0.15, 0.2) is 54.6 Å². The van der Waals surface area contributed by atoms with E-state index in [2.05, 4.69) is 79.5 Å². The number of nitrogens with two attached hydrogens (primary N) is 1. The van der Waals surface area contributed by atoms with Gasteiger partial charge in [-0.2, -0.15) is 0 Å². The van der Waals surface area contributed by atoms with Gasteiger partial charge >= 0.3 is 155 Å². The topological polar surface area (TPSA) is 40.0 Å². The molecule has 0 heterocycles. The van der Waals surface area contributed by atoms with Crippen molar-refractivity contribution in [1.29, 1.82) is 0 Å². The molecule has 3 N–H and O–H groups in total. The number of rotatable bonds is 12. The molecule has 0 aromatic heterocycles. The minimum absolute atomic E-state index is 0.773. The summed E-state index contributed by atoms with van der Waals surface area (Å²) in [7, 11) is 0. The average molecular weight is 526 g/mol. The minimum atomic E-state index is -1.77. The fourth-order valence-corrected chi connectivity index (χ4v) is 6.43. The molecule has 2 aromatic rings. The zero-order chi connectivity index (χ0) is 20.2. The van der Waals surface area contributed by atoms with Crippen LogP contribution < -0.4 is 16.0 Å². The van der Waals surface area contributed by atoms with E-state index in [-0.39, 0.29) is 0 Å². The number of hydrogen-bond acceptors (Lipinski definition) is 0. The Bertz CT molecular complexity index is 715. The van der Waals surface area contributed by atoms with Crippen molar-refractivity contribution in [3.05, 3.63) is 60.2 Å². The molecule has 0 fully saturated rings. The van der Waals surface area contributed by atoms with Crippen LogP contribution in [0.3, 0.4) is 0 Å². The molecule has 0 spiro atoms. The van der Waals surface area contributed by atoms with E-state index in [1.54, 1.807) is 0 Å². The fraction of sp³-hybridized carbons (Fsp3) is 0.435. The van der Waals surface area contributed by atoms with Crippen molar-refractivity contribution in [1.82, 2.24) is 0 Å². The maximum absolute atomic E-state index is 6.40. The third kappa shape index (κ3) is 8.02. The van der Waals surface area contributed by atoms with Crippen LogP contribution in [0.25, 0.3) is 0 Å². The molecule has 0 saturated carbocycles. The van der Waals surface area contributed by atoms with Gasteiger partial charge in [0.25, 0.3) is 0 Å². The number of unbranched alkanes of at least 4 members (excludes halogenated alkanes) is 7. The summed E-state index contributed by atoms with van der Waals surface area (Å²) in [4.78, 5) is 3.39. The molecule has 0 aliphatic carbocycles. The SMILES string of the molecule is CCCCCCCCCCc1ccc([NH+]=C(N)[P+]([Se])([Se-])c2ccccc2)cc1. The van der Waals surface area contributed by atoms with Gasteiger partial charge in [-0.1, -0.05) is 32.6 Å². The molecule has 0 unspecified atom stereocenters. The zero-order valence-electron chi connectivity index (χ0n) is 16.9. The van der Waals surface area contributed by atoms with Crippen LogP contribution in [-0.2, 0) is 6.42 Å². The molecule has 2 rings (SSSR count). The Kier molecular flexibility index (Phi) is 10.8. The molecule has 0 bridgehead atoms. The molecule has 0 aliphatic rings. The van der Waals surface area contributed by atoms with Crippen molar-refractivity contribution in [2.24, 2.45) is 5.73 Å². The van der Waals surface area contributed by atoms with Gasteiger partial charge in [-0.25, -0.2) is 0 Å². The molecule has 5 heteroatoms. The quantitative estimate of drug-likeness (QED) is 0.142. The summed E-state index contributed by atoms with van der Waals surface area (Å²) in [6, 6.07) is 19.1. The maximum atomic E-state index is 6.40. The fourth-order valence-electron chi connectivity index (χ4n) is 3.20. The predicted molar refractivity (Wildman–Crippen MR) is 127 cm³/mol. The summed E-state index contributed by atoms with van der Waals surface area (Å²) in [5.74, 6) is 0. The molecule has 2 aromatic carbocycles. The zero-order valence-corrected chi connectivity index (χ0v) is 21.2. The predicted octanol–water partition coefficient (Wildman–Crippen LogP) is 3.91. The number of amidine groups is 1. The van der Waals surface area contributed by atoms with Gasteiger partial charge in [-0.3, -0.25) is 0 Å². The van der Waals surface area contributed by atoms with Crippen LogP contribution >= 0.6 is 4.64 Å². The second-order valence-corrected chi connectivity index (χ2v) is 19.8. The third-order valence-corrected chi connectivity index (χ3v) is 11.8. The summed E-state index contributed by atoms with van der Waals surface area (Å²) in [5.41, 5.74) is 9.63. The summed E-state index contributed by atoms with van der Waals surface area (Å²) in [5, 5.41) is 1.21. The van der Waals surface area contributed by atoms with Crippen LogP contribution in [0.4, 0.5) is 5.69 Å². The van der Waals surface area contributed by atoms with E-state index in [1.165, 1.54) is 68.7 Å². The van der Waals surface area contributed by atoms with Crippen molar-refractivity contribution in [2.75, 3.05) is 0 Å². The normalized spacial score (nSPS) is 14.0. The van der Waals surface area contributed by atoms with Crippen molar-refractivity contribution in [2.45, 2.75) is 64.7 Å². The summed E-state index contributed by atoms with van der Waals surface area (Å²) >= 11 is 6.58. The first-order valence-electron chi connectivity index (χ1n) is 10.4. The molecule has 0 aliphatic heterocycles. The van der Waals surface area contributed by atoms with Gasteiger partial charge in [0, 0.05) is 0 Å². The van der Waals surface area contributed by atoms with Crippen LogP contribution in [0.5, 0.6) is 0 Å². The van der Waals surface area contributed by atoms with Gasteiger partial charge in [0.05, 0.1) is 0 Å². The number of aryl methyl sites for hydroxylation is 1. The van der Waals surface area contributed by atoms with Gasteiger partial charge < -0.3 is 0 Å². The van der Waals surface area contributed by atoms with E-state index in [1.807, 2.05) is 18.2 Å². The van der Waals surface area contributed by atoms with Crippen LogP contribution in [0, 0.1) is 0 Å². The van der Waals surface area contributed by atoms with E-state index in [9.17, 15) is 0 Å². The van der Waals surface area contributed by atoms with Crippen molar-refractivity contribution in [3.63, 3.8) is 0 Å². The van der Waals surface area contributed by atoms with Crippen molar-refractivity contribution >= 4 is 52.4 Å². The summed E-state index contributed by atoms with van der Waals surface area (Å²) in [6.07, 6.45) is 12.1. The third-order valence-electron chi connectivity index (χ3n) is 4.96. The van der Waals surface area contributed by atoms with Gasteiger partial charge in [-0.15, -0.1) is 0 Å². The Hall–Kier alpha value is -0.621. The number of benzene rings is 2. The van der Waals surface area contributed by atoms with Gasteiger partial charge in [0.2, 0.25) is 0 Å². The molecular weight excluding hydrogens is 493 g/mol. The van der Waals surface area contributed by atoms with E-state index in [4.69, 9.17) is 5.73 Å². The Balaban J connectivity index is 1.81. The standard InChI is InChI=1S/C23H32N2PSe2/c1-2-3-4-5-6-7-8-10-13-20-16-18-21(19-17-20)25-23(24)26(27,28)22-14-11-9-12-15-22/h9,11-12,14-19H,2-8,10,13H2,1H3,(H2,24,25)/p+1. The van der Waals surface area contributed by atoms with Gasteiger partial charge in [-0.05, 0) is 0 Å². The molecule has 0 amide bonds. The first-order valence-corrected chi connectivity index (χ1v) is 16.6. The molecule has 151 valence electrons. The average Bonchev–Trinajstić information content (AvgIpc) is 2.72. The number of nitrogens with one attached hydrogen (secondary N) is 1. The first-order chi connectivity index (χ1) is 13.5. The monoisotopic (exact) mass is 528 g/mol. The first kappa shape index (κ1) is 23.7. The second kappa shape index (κ2) is 12.8. The Morgan fingerprint density at radius 2 is 1.46 bits per heavy atom. The Labute approximate surface area is 187 Å². The summed E-state index contributed by atoms with van der Waals surface area (Å²) in [6.45, 7) is 2.27. The van der Waals surface area contributed by atoms with E-state index >= 15 is 0 Å². The van der Waals surface area contributed by atoms with Crippen molar-refractivity contribution in [3.8, 4) is 0 Å². The van der Waals surface area contributed by atoms with E-state index in [0.717, 1.165) is 11.3 Å². The molecule has 2 nitrogen and oxygen atoms in total. The second-order valence-electron chi connectivity index (χ2n) is 7.32. The van der Waals surface area contributed by atoms with Gasteiger partial charge in [0.15, 0.2) is 0 Å². The molecular formula is C23H33N2PSe2+. The van der Waals surface area contributed by atoms with Crippen LogP contribution in [0.2, 0.25) is 0 Å². The van der Waals surface area contributed by atoms with Crippen molar-refractivity contribution < 1.29 is 4.99 Å². The molecule has 28 heavy (non-hydrogen) atoms. The summed E-state index contributed by atoms with van der Waals surface area (Å²) < 4.78 is -1.77. The van der Waals surface area contributed by atoms with Gasteiger partial charge in [0.1, 0.15) is 0 Å². The number of hydrogen-bond donors (Lipinski definition) is 2. The van der Waals surface area contributed by atoms with Crippen LogP contribution in [0.1, 0.15) is 63.9 Å².